The third kappa shape index (κ3) is 3.44. The first-order valence-corrected chi connectivity index (χ1v) is 6.16. The summed E-state index contributed by atoms with van der Waals surface area (Å²) in [5.41, 5.74) is 0.866. The van der Waals surface area contributed by atoms with Crippen molar-refractivity contribution in [3.05, 3.63) is 58.0 Å². The third-order valence-electron chi connectivity index (χ3n) is 2.78. The normalized spacial score (nSPS) is 10.1. The molecule has 0 fully saturated rings. The average molecular weight is 273 g/mol. The van der Waals surface area contributed by atoms with Gasteiger partial charge in [0.1, 0.15) is 11.4 Å². The lowest BCUT2D eigenvalue weighted by atomic mass is 10.1. The van der Waals surface area contributed by atoms with Crippen LogP contribution in [0.3, 0.4) is 0 Å². The second-order valence-electron chi connectivity index (χ2n) is 4.12. The minimum absolute atomic E-state index is 0.185. The Labute approximate surface area is 115 Å². The molecule has 1 amide bonds. The highest BCUT2D eigenvalue weighted by Gasteiger charge is 2.07. The van der Waals surface area contributed by atoms with Gasteiger partial charge in [0.2, 0.25) is 0 Å². The molecule has 20 heavy (non-hydrogen) atoms. The topological polar surface area (TPSA) is 84.1 Å². The van der Waals surface area contributed by atoms with Crippen molar-refractivity contribution in [1.82, 2.24) is 15.5 Å². The molecule has 2 N–H and O–H groups in total. The Kier molecular flexibility index (Phi) is 4.49. The van der Waals surface area contributed by atoms with Crippen molar-refractivity contribution in [1.29, 1.82) is 0 Å². The Balaban J connectivity index is 1.91. The molecule has 1 aromatic heterocycles. The molecule has 0 aliphatic rings. The van der Waals surface area contributed by atoms with Crippen molar-refractivity contribution in [3.63, 3.8) is 0 Å². The summed E-state index contributed by atoms with van der Waals surface area (Å²) >= 11 is 0. The zero-order chi connectivity index (χ0) is 14.4. The van der Waals surface area contributed by atoms with Gasteiger partial charge >= 0.3 is 0 Å². The highest BCUT2D eigenvalue weighted by Crippen LogP contribution is 2.17. The van der Waals surface area contributed by atoms with Crippen LogP contribution in [0.5, 0.6) is 5.75 Å². The first kappa shape index (κ1) is 13.8. The lowest BCUT2D eigenvalue weighted by molar-refractivity contribution is 0.0948. The van der Waals surface area contributed by atoms with E-state index in [-0.39, 0.29) is 17.2 Å². The molecule has 0 atom stereocenters. The summed E-state index contributed by atoms with van der Waals surface area (Å²) < 4.78 is 5.24. The van der Waals surface area contributed by atoms with Crippen LogP contribution in [-0.2, 0) is 6.42 Å². The second-order valence-corrected chi connectivity index (χ2v) is 4.12. The van der Waals surface area contributed by atoms with Gasteiger partial charge in [0.05, 0.1) is 7.11 Å². The van der Waals surface area contributed by atoms with E-state index in [1.165, 1.54) is 12.1 Å². The van der Waals surface area contributed by atoms with Crippen LogP contribution in [0.4, 0.5) is 0 Å². The SMILES string of the molecule is COc1ccccc1CCNC(=O)c1ccc(=O)[nH]n1. The number of carbonyl (C=O) groups excluding carboxylic acids is 1. The smallest absolute Gasteiger partial charge is 0.271 e. The van der Waals surface area contributed by atoms with Crippen LogP contribution in [0.15, 0.2) is 41.2 Å². The minimum Gasteiger partial charge on any atom is -0.496 e. The van der Waals surface area contributed by atoms with Gasteiger partial charge in [-0.15, -0.1) is 0 Å². The highest BCUT2D eigenvalue weighted by atomic mass is 16.5. The highest BCUT2D eigenvalue weighted by molar-refractivity contribution is 5.91. The van der Waals surface area contributed by atoms with Gasteiger partial charge in [-0.25, -0.2) is 5.10 Å². The molecular formula is C14H15N3O3. The number of amides is 1. The van der Waals surface area contributed by atoms with Crippen LogP contribution < -0.4 is 15.6 Å². The molecule has 0 bridgehead atoms. The predicted octanol–water partition coefficient (Wildman–Crippen LogP) is 0.751. The number of hydrogen-bond donors (Lipinski definition) is 2. The van der Waals surface area contributed by atoms with Gasteiger partial charge in [-0.2, -0.15) is 5.10 Å². The zero-order valence-electron chi connectivity index (χ0n) is 11.1. The van der Waals surface area contributed by atoms with Crippen molar-refractivity contribution in [2.24, 2.45) is 0 Å². The summed E-state index contributed by atoms with van der Waals surface area (Å²) in [5.74, 6) is 0.472. The van der Waals surface area contributed by atoms with Gasteiger partial charge < -0.3 is 10.1 Å². The van der Waals surface area contributed by atoms with Gasteiger partial charge in [-0.3, -0.25) is 9.59 Å². The molecule has 6 nitrogen and oxygen atoms in total. The van der Waals surface area contributed by atoms with Crippen molar-refractivity contribution in [2.45, 2.75) is 6.42 Å². The summed E-state index contributed by atoms with van der Waals surface area (Å²) in [4.78, 5) is 22.6. The molecular weight excluding hydrogens is 258 g/mol. The molecule has 2 rings (SSSR count). The summed E-state index contributed by atoms with van der Waals surface area (Å²) in [7, 11) is 1.61. The number of H-pyrrole nitrogens is 1. The van der Waals surface area contributed by atoms with Crippen LogP contribution in [0.25, 0.3) is 0 Å². The van der Waals surface area contributed by atoms with Crippen molar-refractivity contribution < 1.29 is 9.53 Å². The van der Waals surface area contributed by atoms with E-state index in [1.54, 1.807) is 7.11 Å². The molecule has 0 saturated carbocycles. The Morgan fingerprint density at radius 2 is 2.10 bits per heavy atom. The number of aromatic amines is 1. The molecule has 1 heterocycles. The number of ether oxygens (including phenoxy) is 1. The predicted molar refractivity (Wildman–Crippen MR) is 73.9 cm³/mol. The first-order chi connectivity index (χ1) is 9.70. The standard InChI is InChI=1S/C14H15N3O3/c1-20-12-5-3-2-4-10(12)8-9-15-14(19)11-6-7-13(18)17-16-11/h2-7H,8-9H2,1H3,(H,15,19)(H,17,18). The lowest BCUT2D eigenvalue weighted by Crippen LogP contribution is -2.27. The van der Waals surface area contributed by atoms with Crippen LogP contribution in [-0.4, -0.2) is 29.8 Å². The number of carbonyl (C=O) groups is 1. The van der Waals surface area contributed by atoms with Gasteiger partial charge in [0, 0.05) is 12.6 Å². The summed E-state index contributed by atoms with van der Waals surface area (Å²) in [6.07, 6.45) is 0.652. The monoisotopic (exact) mass is 273 g/mol. The number of aromatic nitrogens is 2. The first-order valence-electron chi connectivity index (χ1n) is 6.16. The Bertz CT molecular complexity index is 632. The summed E-state index contributed by atoms with van der Waals surface area (Å²) in [6.45, 7) is 0.458. The maximum atomic E-state index is 11.8. The van der Waals surface area contributed by atoms with E-state index >= 15 is 0 Å². The fourth-order valence-electron chi connectivity index (χ4n) is 1.78. The largest absolute Gasteiger partial charge is 0.496 e. The number of nitrogens with zero attached hydrogens (tertiary/aromatic N) is 1. The number of rotatable bonds is 5. The van der Waals surface area contributed by atoms with Crippen LogP contribution in [0.1, 0.15) is 16.1 Å². The molecule has 0 radical (unpaired) electrons. The third-order valence-corrected chi connectivity index (χ3v) is 2.78. The van der Waals surface area contributed by atoms with Gasteiger partial charge in [0.15, 0.2) is 0 Å². The van der Waals surface area contributed by atoms with Crippen LogP contribution in [0.2, 0.25) is 0 Å². The van der Waals surface area contributed by atoms with E-state index < -0.39 is 0 Å². The Morgan fingerprint density at radius 1 is 1.30 bits per heavy atom. The maximum absolute atomic E-state index is 11.8. The Hall–Kier alpha value is -2.63. The summed E-state index contributed by atoms with van der Waals surface area (Å²) in [5, 5.41) is 8.62. The van der Waals surface area contributed by atoms with Gasteiger partial charge in [-0.1, -0.05) is 18.2 Å². The molecule has 0 spiro atoms. The van der Waals surface area contributed by atoms with Crippen LogP contribution >= 0.6 is 0 Å². The summed E-state index contributed by atoms with van der Waals surface area (Å²) in [6, 6.07) is 10.3. The Morgan fingerprint density at radius 3 is 2.80 bits per heavy atom. The zero-order valence-corrected chi connectivity index (χ0v) is 11.1. The number of nitrogens with one attached hydrogen (secondary N) is 2. The molecule has 2 aromatic rings. The minimum atomic E-state index is -0.337. The second kappa shape index (κ2) is 6.51. The molecule has 0 saturated heterocycles. The molecule has 104 valence electrons. The molecule has 6 heteroatoms. The average Bonchev–Trinajstić information content (AvgIpc) is 2.48. The number of benzene rings is 1. The van der Waals surface area contributed by atoms with Crippen LogP contribution in [0, 0.1) is 0 Å². The number of para-hydroxylation sites is 1. The van der Waals surface area contributed by atoms with E-state index in [4.69, 9.17) is 4.74 Å². The van der Waals surface area contributed by atoms with E-state index in [2.05, 4.69) is 15.5 Å². The quantitative estimate of drug-likeness (QED) is 0.842. The van der Waals surface area contributed by atoms with E-state index in [9.17, 15) is 9.59 Å². The molecule has 0 aliphatic heterocycles. The lowest BCUT2D eigenvalue weighted by Gasteiger charge is -2.08. The van der Waals surface area contributed by atoms with Gasteiger partial charge in [0.25, 0.3) is 11.5 Å². The maximum Gasteiger partial charge on any atom is 0.271 e. The number of hydrogen-bond acceptors (Lipinski definition) is 4. The van der Waals surface area contributed by atoms with Crippen molar-refractivity contribution in [2.75, 3.05) is 13.7 Å². The van der Waals surface area contributed by atoms with Gasteiger partial charge in [-0.05, 0) is 24.1 Å². The van der Waals surface area contributed by atoms with E-state index in [0.29, 0.717) is 13.0 Å². The number of methoxy groups -OCH3 is 1. The fraction of sp³-hybridized carbons (Fsp3) is 0.214. The fourth-order valence-corrected chi connectivity index (χ4v) is 1.78. The molecule has 0 aliphatic carbocycles. The van der Waals surface area contributed by atoms with Crippen molar-refractivity contribution >= 4 is 5.91 Å². The van der Waals surface area contributed by atoms with Crippen molar-refractivity contribution in [3.8, 4) is 5.75 Å². The van der Waals surface area contributed by atoms with E-state index in [1.807, 2.05) is 24.3 Å². The van der Waals surface area contributed by atoms with E-state index in [0.717, 1.165) is 11.3 Å². The molecule has 0 unspecified atom stereocenters. The molecule has 1 aromatic carbocycles.